The molecule has 0 fully saturated rings. The van der Waals surface area contributed by atoms with Crippen molar-refractivity contribution in [2.45, 2.75) is 24.9 Å². The predicted molar refractivity (Wildman–Crippen MR) is 158 cm³/mol. The van der Waals surface area contributed by atoms with Gasteiger partial charge in [-0.1, -0.05) is 48.5 Å². The normalized spacial score (nSPS) is 11.9. The Hall–Kier alpha value is -3.42. The maximum absolute atomic E-state index is 13.5. The van der Waals surface area contributed by atoms with Gasteiger partial charge in [0.25, 0.3) is 0 Å². The minimum atomic E-state index is -0.832. The van der Waals surface area contributed by atoms with E-state index in [-0.39, 0.29) is 5.91 Å². The quantitative estimate of drug-likeness (QED) is 0.117. The number of rotatable bonds is 11. The number of aromatic nitrogens is 1. The van der Waals surface area contributed by atoms with Crippen LogP contribution in [0.15, 0.2) is 77.5 Å². The summed E-state index contributed by atoms with van der Waals surface area (Å²) in [6.45, 7) is 0. The first kappa shape index (κ1) is 30.1. The minimum Gasteiger partial charge on any atom is -0.453 e. The van der Waals surface area contributed by atoms with Gasteiger partial charge in [0.15, 0.2) is 0 Å². The van der Waals surface area contributed by atoms with E-state index in [1.54, 1.807) is 11.3 Å². The Balaban J connectivity index is 0.00000205. The van der Waals surface area contributed by atoms with Crippen LogP contribution in [0.5, 0.6) is 0 Å². The highest BCUT2D eigenvalue weighted by molar-refractivity contribution is 7.95. The van der Waals surface area contributed by atoms with Crippen molar-refractivity contribution in [3.63, 3.8) is 0 Å². The van der Waals surface area contributed by atoms with Crippen LogP contribution in [0.25, 0.3) is 9.88 Å². The Bertz CT molecular complexity index is 1280. The standard InChI is InChI=1S/C26H26N4O4S3.CH4O/c1-34-26(32)29-21(15-17-6-3-2-4-7-17)24(31)27-20(14-18-9-11-19(12-10-18)30-37-33)22-16-36-25(28-22)23-8-5-13-35-23;1-2/h2-13,16,20-21,30,33H,14-15H2,1H3,(H,27,31)(H,29,32);2H,1H3. The molecule has 12 heteroatoms. The molecular weight excluding hydrogens is 557 g/mol. The van der Waals surface area contributed by atoms with Gasteiger partial charge < -0.3 is 29.8 Å². The van der Waals surface area contributed by atoms with Gasteiger partial charge in [-0.25, -0.2) is 9.78 Å². The fraction of sp³-hybridized carbons (Fsp3) is 0.222. The van der Waals surface area contributed by atoms with Crippen molar-refractivity contribution >= 4 is 52.6 Å². The molecule has 0 aliphatic carbocycles. The van der Waals surface area contributed by atoms with Gasteiger partial charge in [-0.05, 0) is 41.1 Å². The van der Waals surface area contributed by atoms with Gasteiger partial charge in [0.05, 0.1) is 23.7 Å². The average molecular weight is 587 g/mol. The maximum atomic E-state index is 13.5. The molecule has 4 rings (SSSR count). The van der Waals surface area contributed by atoms with Crippen molar-refractivity contribution in [3.05, 3.63) is 94.3 Å². The third-order valence-corrected chi connectivity index (χ3v) is 7.79. The topological polar surface area (TPSA) is 133 Å². The van der Waals surface area contributed by atoms with Crippen LogP contribution in [-0.4, -0.2) is 46.9 Å². The van der Waals surface area contributed by atoms with E-state index in [0.29, 0.717) is 25.1 Å². The van der Waals surface area contributed by atoms with Crippen LogP contribution in [0, 0.1) is 0 Å². The van der Waals surface area contributed by atoms with E-state index in [1.807, 2.05) is 77.5 Å². The highest BCUT2D eigenvalue weighted by Gasteiger charge is 2.26. The highest BCUT2D eigenvalue weighted by atomic mass is 32.2. The van der Waals surface area contributed by atoms with Gasteiger partial charge in [0.1, 0.15) is 23.3 Å². The maximum Gasteiger partial charge on any atom is 0.407 e. The van der Waals surface area contributed by atoms with Gasteiger partial charge >= 0.3 is 6.09 Å². The van der Waals surface area contributed by atoms with Crippen LogP contribution < -0.4 is 15.4 Å². The summed E-state index contributed by atoms with van der Waals surface area (Å²) in [7, 11) is 2.27. The van der Waals surface area contributed by atoms with Crippen molar-refractivity contribution in [2.75, 3.05) is 18.9 Å². The van der Waals surface area contributed by atoms with Crippen molar-refractivity contribution in [3.8, 4) is 9.88 Å². The molecular formula is C27H30N4O5S3. The molecule has 0 aliphatic rings. The Morgan fingerprint density at radius 1 is 0.949 bits per heavy atom. The third-order valence-electron chi connectivity index (χ3n) is 5.56. The number of anilines is 1. The zero-order valence-electron chi connectivity index (χ0n) is 21.4. The number of aliphatic hydroxyl groups excluding tert-OH is 1. The molecule has 2 heterocycles. The number of thiophene rings is 1. The van der Waals surface area contributed by atoms with E-state index >= 15 is 0 Å². The summed E-state index contributed by atoms with van der Waals surface area (Å²) >= 11 is 3.67. The first-order valence-corrected chi connectivity index (χ1v) is 14.4. The number of methoxy groups -OCH3 is 1. The average Bonchev–Trinajstić information content (AvgIpc) is 3.68. The number of nitrogens with zero attached hydrogens (tertiary/aromatic N) is 1. The van der Waals surface area contributed by atoms with Gasteiger partial charge in [0, 0.05) is 24.6 Å². The van der Waals surface area contributed by atoms with Crippen LogP contribution >= 0.6 is 34.9 Å². The van der Waals surface area contributed by atoms with Gasteiger partial charge in [-0.15, -0.1) is 22.7 Å². The van der Waals surface area contributed by atoms with Gasteiger partial charge in [-0.3, -0.25) is 4.79 Å². The molecule has 2 atom stereocenters. The number of thiazole rings is 1. The lowest BCUT2D eigenvalue weighted by molar-refractivity contribution is -0.123. The zero-order valence-corrected chi connectivity index (χ0v) is 23.8. The predicted octanol–water partition coefficient (Wildman–Crippen LogP) is 5.38. The summed E-state index contributed by atoms with van der Waals surface area (Å²) < 4.78 is 16.6. The molecule has 2 amide bonds. The number of hydrogen-bond acceptors (Lipinski definition) is 10. The molecule has 2 aromatic heterocycles. The van der Waals surface area contributed by atoms with Crippen LogP contribution in [0.3, 0.4) is 0 Å². The van der Waals surface area contributed by atoms with E-state index in [1.165, 1.54) is 18.4 Å². The van der Waals surface area contributed by atoms with Crippen LogP contribution in [0.2, 0.25) is 0 Å². The molecule has 39 heavy (non-hydrogen) atoms. The molecule has 206 valence electrons. The van der Waals surface area contributed by atoms with Crippen molar-refractivity contribution in [1.82, 2.24) is 15.6 Å². The van der Waals surface area contributed by atoms with Crippen molar-refractivity contribution in [1.29, 1.82) is 0 Å². The number of carbonyl (C=O) groups is 2. The Morgan fingerprint density at radius 2 is 1.67 bits per heavy atom. The fourth-order valence-corrected chi connectivity index (χ4v) is 5.65. The number of carbonyl (C=O) groups excluding carboxylic acids is 2. The van der Waals surface area contributed by atoms with Gasteiger partial charge in [0.2, 0.25) is 5.91 Å². The summed E-state index contributed by atoms with van der Waals surface area (Å²) in [5.74, 6) is -0.333. The molecule has 4 aromatic rings. The van der Waals surface area contributed by atoms with Gasteiger partial charge in [-0.2, -0.15) is 0 Å². The molecule has 0 spiro atoms. The molecule has 2 unspecified atom stereocenters. The Labute approximate surface area is 239 Å². The number of amides is 2. The van der Waals surface area contributed by atoms with Crippen molar-refractivity contribution in [2.24, 2.45) is 0 Å². The summed E-state index contributed by atoms with van der Waals surface area (Å²) in [5, 5.41) is 17.6. The summed E-state index contributed by atoms with van der Waals surface area (Å²) in [5.41, 5.74) is 3.39. The second kappa shape index (κ2) is 15.9. The number of benzene rings is 2. The molecule has 0 radical (unpaired) electrons. The molecule has 0 bridgehead atoms. The zero-order chi connectivity index (χ0) is 28.0. The second-order valence-corrected chi connectivity index (χ2v) is 10.3. The number of hydrogen-bond donors (Lipinski definition) is 5. The molecule has 0 aliphatic heterocycles. The number of nitrogens with one attached hydrogen (secondary N) is 3. The van der Waals surface area contributed by atoms with E-state index in [9.17, 15) is 9.59 Å². The molecule has 0 saturated carbocycles. The van der Waals surface area contributed by atoms with E-state index in [4.69, 9.17) is 19.4 Å². The summed E-state index contributed by atoms with van der Waals surface area (Å²) in [6, 6.07) is 19.8. The molecule has 9 nitrogen and oxygen atoms in total. The second-order valence-electron chi connectivity index (χ2n) is 8.09. The third kappa shape index (κ3) is 9.08. The minimum absolute atomic E-state index is 0.311. The lowest BCUT2D eigenvalue weighted by Gasteiger charge is -2.23. The first-order valence-electron chi connectivity index (χ1n) is 11.8. The van der Waals surface area contributed by atoms with Crippen LogP contribution in [-0.2, 0) is 22.4 Å². The van der Waals surface area contributed by atoms with Crippen molar-refractivity contribution < 1.29 is 24.0 Å². The number of aliphatic hydroxyl groups is 1. The Kier molecular flexibility index (Phi) is 12.3. The molecule has 0 saturated heterocycles. The SMILES string of the molecule is CO.COC(=O)NC(Cc1ccccc1)C(=O)NC(Cc1ccc(NSO)cc1)c1csc(-c2cccs2)n1. The first-order chi connectivity index (χ1) is 19.1. The number of alkyl carbamates (subject to hydrolysis) is 1. The highest BCUT2D eigenvalue weighted by Crippen LogP contribution is 2.31. The fourth-order valence-electron chi connectivity index (χ4n) is 3.72. The van der Waals surface area contributed by atoms with E-state index < -0.39 is 18.2 Å². The van der Waals surface area contributed by atoms with Crippen LogP contribution in [0.4, 0.5) is 10.5 Å². The van der Waals surface area contributed by atoms with Crippen LogP contribution in [0.1, 0.15) is 22.9 Å². The monoisotopic (exact) mass is 586 g/mol. The lowest BCUT2D eigenvalue weighted by atomic mass is 10.0. The molecule has 2 aromatic carbocycles. The lowest BCUT2D eigenvalue weighted by Crippen LogP contribution is -2.49. The summed E-state index contributed by atoms with van der Waals surface area (Å²) in [4.78, 5) is 31.4. The molecule has 5 N–H and O–H groups in total. The number of ether oxygens (including phenoxy) is 1. The van der Waals surface area contributed by atoms with E-state index in [2.05, 4.69) is 15.4 Å². The Morgan fingerprint density at radius 3 is 2.31 bits per heavy atom. The smallest absolute Gasteiger partial charge is 0.407 e. The van der Waals surface area contributed by atoms with E-state index in [0.717, 1.165) is 39.5 Å². The largest absolute Gasteiger partial charge is 0.453 e. The summed E-state index contributed by atoms with van der Waals surface area (Å²) in [6.07, 6.45) is 0.124.